The Labute approximate surface area is 121 Å². The van der Waals surface area contributed by atoms with Crippen molar-refractivity contribution in [2.45, 2.75) is 31.7 Å². The molecule has 1 aliphatic rings. The molecule has 20 heavy (non-hydrogen) atoms. The van der Waals surface area contributed by atoms with Crippen molar-refractivity contribution in [3.63, 3.8) is 0 Å². The second-order valence-electron chi connectivity index (χ2n) is 5.83. The molecule has 1 aromatic rings. The van der Waals surface area contributed by atoms with Crippen LogP contribution in [0.25, 0.3) is 0 Å². The molecule has 110 valence electrons. The molecule has 1 N–H and O–H groups in total. The van der Waals surface area contributed by atoms with Gasteiger partial charge in [-0.25, -0.2) is 13.4 Å². The predicted molar refractivity (Wildman–Crippen MR) is 81.5 cm³/mol. The highest BCUT2D eigenvalue weighted by molar-refractivity contribution is 7.90. The molecule has 0 aliphatic heterocycles. The number of hydrogen-bond donors (Lipinski definition) is 1. The summed E-state index contributed by atoms with van der Waals surface area (Å²) in [5.41, 5.74) is 2.33. The molecular weight excluding hydrogens is 272 g/mol. The van der Waals surface area contributed by atoms with Crippen LogP contribution in [0.2, 0.25) is 0 Å². The number of pyridine rings is 1. The van der Waals surface area contributed by atoms with Crippen molar-refractivity contribution in [2.75, 3.05) is 18.1 Å². The number of nitrogens with one attached hydrogen (secondary N) is 1. The van der Waals surface area contributed by atoms with Gasteiger partial charge in [0.1, 0.15) is 0 Å². The van der Waals surface area contributed by atoms with Gasteiger partial charge in [0.2, 0.25) is 0 Å². The molecule has 0 saturated carbocycles. The molecule has 0 aromatic carbocycles. The van der Waals surface area contributed by atoms with Crippen LogP contribution in [0.4, 0.5) is 5.69 Å². The van der Waals surface area contributed by atoms with Crippen molar-refractivity contribution in [3.05, 3.63) is 30.0 Å². The van der Waals surface area contributed by atoms with Gasteiger partial charge in [0.15, 0.2) is 14.9 Å². The van der Waals surface area contributed by atoms with Crippen molar-refractivity contribution in [2.24, 2.45) is 11.8 Å². The number of anilines is 1. The minimum Gasteiger partial charge on any atom is -0.384 e. The van der Waals surface area contributed by atoms with E-state index in [-0.39, 0.29) is 5.03 Å². The fourth-order valence-corrected chi connectivity index (χ4v) is 3.37. The first-order valence-corrected chi connectivity index (χ1v) is 8.81. The van der Waals surface area contributed by atoms with Gasteiger partial charge >= 0.3 is 0 Å². The summed E-state index contributed by atoms with van der Waals surface area (Å²) in [6.07, 6.45) is 7.43. The fourth-order valence-electron chi connectivity index (χ4n) is 2.81. The van der Waals surface area contributed by atoms with Crippen LogP contribution in [0.5, 0.6) is 0 Å². The average Bonchev–Trinajstić information content (AvgIpc) is 2.35. The number of allylic oxidation sites excluding steroid dienone is 2. The molecule has 4 nitrogen and oxygen atoms in total. The van der Waals surface area contributed by atoms with Gasteiger partial charge in [-0.05, 0) is 43.7 Å². The minimum absolute atomic E-state index is 0.119. The topological polar surface area (TPSA) is 59.1 Å². The SMILES string of the molecule is CC1=CC(C)CC(CNc2ccc(S(C)(=O)=O)nc2)C1. The Morgan fingerprint density at radius 1 is 1.40 bits per heavy atom. The number of sulfone groups is 1. The lowest BCUT2D eigenvalue weighted by atomic mass is 9.84. The number of hydrogen-bond acceptors (Lipinski definition) is 4. The summed E-state index contributed by atoms with van der Waals surface area (Å²) in [6, 6.07) is 3.32. The van der Waals surface area contributed by atoms with E-state index in [1.165, 1.54) is 18.2 Å². The summed E-state index contributed by atoms with van der Waals surface area (Å²) < 4.78 is 22.7. The molecule has 5 heteroatoms. The zero-order valence-electron chi connectivity index (χ0n) is 12.3. The van der Waals surface area contributed by atoms with E-state index in [1.807, 2.05) is 0 Å². The maximum Gasteiger partial charge on any atom is 0.192 e. The van der Waals surface area contributed by atoms with Gasteiger partial charge in [-0.15, -0.1) is 0 Å². The van der Waals surface area contributed by atoms with Crippen molar-refractivity contribution < 1.29 is 8.42 Å². The summed E-state index contributed by atoms with van der Waals surface area (Å²) in [5, 5.41) is 3.47. The molecule has 2 atom stereocenters. The molecule has 2 unspecified atom stereocenters. The van der Waals surface area contributed by atoms with Crippen molar-refractivity contribution in [1.82, 2.24) is 4.98 Å². The van der Waals surface area contributed by atoms with Crippen LogP contribution >= 0.6 is 0 Å². The molecular formula is C15H22N2O2S. The highest BCUT2D eigenvalue weighted by atomic mass is 32.2. The lowest BCUT2D eigenvalue weighted by Gasteiger charge is -2.25. The highest BCUT2D eigenvalue weighted by Crippen LogP contribution is 2.28. The Bertz CT molecular complexity index is 591. The van der Waals surface area contributed by atoms with Crippen LogP contribution in [0, 0.1) is 11.8 Å². The Morgan fingerprint density at radius 2 is 2.15 bits per heavy atom. The Balaban J connectivity index is 1.93. The predicted octanol–water partition coefficient (Wildman–Crippen LogP) is 2.89. The first-order valence-electron chi connectivity index (χ1n) is 6.92. The third-order valence-corrected chi connectivity index (χ3v) is 4.60. The molecule has 0 spiro atoms. The van der Waals surface area contributed by atoms with Gasteiger partial charge in [-0.3, -0.25) is 0 Å². The smallest absolute Gasteiger partial charge is 0.192 e. The molecule has 1 aromatic heterocycles. The molecule has 0 amide bonds. The van der Waals surface area contributed by atoms with Gasteiger partial charge < -0.3 is 5.32 Å². The quantitative estimate of drug-likeness (QED) is 0.867. The molecule has 0 bridgehead atoms. The monoisotopic (exact) mass is 294 g/mol. The van der Waals surface area contributed by atoms with E-state index in [1.54, 1.807) is 18.3 Å². The van der Waals surface area contributed by atoms with Crippen LogP contribution in [0.15, 0.2) is 35.0 Å². The molecule has 1 aliphatic carbocycles. The van der Waals surface area contributed by atoms with Crippen molar-refractivity contribution in [1.29, 1.82) is 0 Å². The van der Waals surface area contributed by atoms with Gasteiger partial charge in [0.25, 0.3) is 0 Å². The van der Waals surface area contributed by atoms with Gasteiger partial charge in [0.05, 0.1) is 11.9 Å². The van der Waals surface area contributed by atoms with E-state index in [0.717, 1.165) is 18.7 Å². The van der Waals surface area contributed by atoms with Crippen molar-refractivity contribution in [3.8, 4) is 0 Å². The average molecular weight is 294 g/mol. The minimum atomic E-state index is -3.22. The molecule has 0 fully saturated rings. The van der Waals surface area contributed by atoms with Gasteiger partial charge in [0, 0.05) is 12.8 Å². The lowest BCUT2D eigenvalue weighted by Crippen LogP contribution is -2.20. The van der Waals surface area contributed by atoms with E-state index in [2.05, 4.69) is 30.2 Å². The van der Waals surface area contributed by atoms with Gasteiger partial charge in [-0.1, -0.05) is 18.6 Å². The fraction of sp³-hybridized carbons (Fsp3) is 0.533. The van der Waals surface area contributed by atoms with E-state index in [4.69, 9.17) is 0 Å². The van der Waals surface area contributed by atoms with E-state index in [0.29, 0.717) is 11.8 Å². The number of aromatic nitrogens is 1. The summed E-state index contributed by atoms with van der Waals surface area (Å²) in [6.45, 7) is 5.33. The molecule has 0 radical (unpaired) electrons. The number of nitrogens with zero attached hydrogens (tertiary/aromatic N) is 1. The maximum absolute atomic E-state index is 11.3. The van der Waals surface area contributed by atoms with Crippen LogP contribution in [-0.2, 0) is 9.84 Å². The van der Waals surface area contributed by atoms with Crippen LogP contribution in [-0.4, -0.2) is 26.2 Å². The van der Waals surface area contributed by atoms with Gasteiger partial charge in [-0.2, -0.15) is 0 Å². The zero-order chi connectivity index (χ0) is 14.8. The summed E-state index contributed by atoms with van der Waals surface area (Å²) >= 11 is 0. The second kappa shape index (κ2) is 5.95. The molecule has 2 rings (SSSR count). The van der Waals surface area contributed by atoms with E-state index < -0.39 is 9.84 Å². The third-order valence-electron chi connectivity index (χ3n) is 3.60. The van der Waals surface area contributed by atoms with E-state index >= 15 is 0 Å². The highest BCUT2D eigenvalue weighted by Gasteiger charge is 2.17. The van der Waals surface area contributed by atoms with E-state index in [9.17, 15) is 8.42 Å². The summed E-state index contributed by atoms with van der Waals surface area (Å²) in [4.78, 5) is 3.98. The Kier molecular flexibility index (Phi) is 4.48. The lowest BCUT2D eigenvalue weighted by molar-refractivity contribution is 0.421. The zero-order valence-corrected chi connectivity index (χ0v) is 13.1. The largest absolute Gasteiger partial charge is 0.384 e. The van der Waals surface area contributed by atoms with Crippen LogP contribution in [0.1, 0.15) is 26.7 Å². The summed E-state index contributed by atoms with van der Waals surface area (Å²) in [5.74, 6) is 1.27. The number of rotatable bonds is 4. The summed E-state index contributed by atoms with van der Waals surface area (Å²) in [7, 11) is -3.22. The Hall–Kier alpha value is -1.36. The Morgan fingerprint density at radius 3 is 2.70 bits per heavy atom. The molecule has 0 saturated heterocycles. The van der Waals surface area contributed by atoms with Crippen LogP contribution < -0.4 is 5.32 Å². The van der Waals surface area contributed by atoms with Crippen molar-refractivity contribution >= 4 is 15.5 Å². The molecule has 1 heterocycles. The first-order chi connectivity index (χ1) is 9.34. The van der Waals surface area contributed by atoms with Crippen LogP contribution in [0.3, 0.4) is 0 Å². The standard InChI is InChI=1S/C15H22N2O2S/c1-11-6-12(2)8-13(7-11)9-16-14-4-5-15(17-10-14)20(3,18)19/h4-6,10-11,13,16H,7-9H2,1-3H3. The second-order valence-corrected chi connectivity index (χ2v) is 7.80. The normalized spacial score (nSPS) is 23.2. The maximum atomic E-state index is 11.3. The third kappa shape index (κ3) is 4.07. The first kappa shape index (κ1) is 15.0.